The van der Waals surface area contributed by atoms with Gasteiger partial charge in [0.05, 0.1) is 6.04 Å². The van der Waals surface area contributed by atoms with Crippen molar-refractivity contribution in [3.63, 3.8) is 0 Å². The number of halogens is 1. The topological polar surface area (TPSA) is 41.6 Å². The van der Waals surface area contributed by atoms with Crippen molar-refractivity contribution in [2.45, 2.75) is 82.9 Å². The third-order valence-corrected chi connectivity index (χ3v) is 5.30. The highest BCUT2D eigenvalue weighted by Gasteiger charge is 2.56. The standard InChI is InChI=1S/C20H29FN2O2/c1-19(2,3)25-18(24)23-16-10-11-20(23,4)12-15(17(16)21)22-13-14-8-6-5-7-9-14/h5-9,15-17,22H,10-13H2,1-4H3/t15-,16+,17-,20-/m0/s1. The van der Waals surface area contributed by atoms with Gasteiger partial charge in [-0.1, -0.05) is 30.3 Å². The van der Waals surface area contributed by atoms with Crippen LogP contribution in [0.2, 0.25) is 0 Å². The maximum absolute atomic E-state index is 15.1. The number of alkyl halides is 1. The number of nitrogens with zero attached hydrogens (tertiary/aromatic N) is 1. The highest BCUT2D eigenvalue weighted by Crippen LogP contribution is 2.45. The molecule has 0 aromatic heterocycles. The average Bonchev–Trinajstić information content (AvgIpc) is 2.81. The molecule has 2 bridgehead atoms. The third-order valence-electron chi connectivity index (χ3n) is 5.30. The van der Waals surface area contributed by atoms with Gasteiger partial charge in [0.1, 0.15) is 11.8 Å². The van der Waals surface area contributed by atoms with Crippen LogP contribution in [0, 0.1) is 0 Å². The van der Waals surface area contributed by atoms with E-state index in [1.165, 1.54) is 0 Å². The molecule has 0 unspecified atom stereocenters. The van der Waals surface area contributed by atoms with E-state index in [2.05, 4.69) is 12.2 Å². The summed E-state index contributed by atoms with van der Waals surface area (Å²) in [5.41, 5.74) is 0.229. The van der Waals surface area contributed by atoms with E-state index in [1.807, 2.05) is 51.1 Å². The lowest BCUT2D eigenvalue weighted by atomic mass is 9.86. The summed E-state index contributed by atoms with van der Waals surface area (Å²) in [5, 5.41) is 3.37. The molecule has 5 heteroatoms. The number of amides is 1. The number of piperidine rings is 1. The number of ether oxygens (including phenoxy) is 1. The van der Waals surface area contributed by atoms with Crippen molar-refractivity contribution in [2.24, 2.45) is 0 Å². The second-order valence-electron chi connectivity index (χ2n) is 8.57. The molecule has 1 aromatic carbocycles. The fourth-order valence-electron chi connectivity index (χ4n) is 4.16. The van der Waals surface area contributed by atoms with Crippen LogP contribution in [-0.4, -0.2) is 40.4 Å². The smallest absolute Gasteiger partial charge is 0.411 e. The first-order valence-electron chi connectivity index (χ1n) is 9.13. The van der Waals surface area contributed by atoms with Crippen LogP contribution in [0.4, 0.5) is 9.18 Å². The number of benzene rings is 1. The number of hydrogen-bond donors (Lipinski definition) is 1. The summed E-state index contributed by atoms with van der Waals surface area (Å²) in [6, 6.07) is 9.37. The van der Waals surface area contributed by atoms with Crippen LogP contribution in [0.5, 0.6) is 0 Å². The fourth-order valence-corrected chi connectivity index (χ4v) is 4.16. The Morgan fingerprint density at radius 3 is 2.68 bits per heavy atom. The van der Waals surface area contributed by atoms with Crippen molar-refractivity contribution >= 4 is 6.09 Å². The van der Waals surface area contributed by atoms with E-state index >= 15 is 4.39 Å². The zero-order chi connectivity index (χ0) is 18.2. The molecule has 138 valence electrons. The zero-order valence-corrected chi connectivity index (χ0v) is 15.6. The largest absolute Gasteiger partial charge is 0.444 e. The lowest BCUT2D eigenvalue weighted by Gasteiger charge is -2.47. The van der Waals surface area contributed by atoms with Gasteiger partial charge in [-0.3, -0.25) is 4.90 Å². The number of fused-ring (bicyclic) bond motifs is 2. The fraction of sp³-hybridized carbons (Fsp3) is 0.650. The number of nitrogens with one attached hydrogen (secondary N) is 1. The third kappa shape index (κ3) is 3.81. The SMILES string of the molecule is CC(C)(C)OC(=O)N1[C@@H]2CC[C@@]1(C)C[C@H](NCc1ccccc1)[C@@H]2F. The normalized spacial score (nSPS) is 31.9. The Morgan fingerprint density at radius 1 is 1.36 bits per heavy atom. The van der Waals surface area contributed by atoms with Crippen LogP contribution in [0.25, 0.3) is 0 Å². The van der Waals surface area contributed by atoms with Crippen molar-refractivity contribution < 1.29 is 13.9 Å². The maximum Gasteiger partial charge on any atom is 0.411 e. The van der Waals surface area contributed by atoms with Gasteiger partial charge in [0.25, 0.3) is 0 Å². The van der Waals surface area contributed by atoms with Crippen molar-refractivity contribution in [1.82, 2.24) is 10.2 Å². The summed E-state index contributed by atoms with van der Waals surface area (Å²) >= 11 is 0. The number of carbonyl (C=O) groups is 1. The Labute approximate surface area is 149 Å². The number of hydrogen-bond acceptors (Lipinski definition) is 3. The summed E-state index contributed by atoms with van der Waals surface area (Å²) in [6.45, 7) is 8.23. The monoisotopic (exact) mass is 348 g/mol. The summed E-state index contributed by atoms with van der Waals surface area (Å²) < 4.78 is 20.7. The summed E-state index contributed by atoms with van der Waals surface area (Å²) in [4.78, 5) is 14.3. The molecule has 4 nitrogen and oxygen atoms in total. The molecule has 2 aliphatic heterocycles. The first-order chi connectivity index (χ1) is 11.7. The van der Waals surface area contributed by atoms with Crippen molar-refractivity contribution in [3.05, 3.63) is 35.9 Å². The van der Waals surface area contributed by atoms with Crippen LogP contribution < -0.4 is 5.32 Å². The predicted octanol–water partition coefficient (Wildman–Crippen LogP) is 4.04. The van der Waals surface area contributed by atoms with Crippen LogP contribution in [0.1, 0.15) is 52.5 Å². The minimum atomic E-state index is -1.08. The minimum Gasteiger partial charge on any atom is -0.444 e. The Kier molecular flexibility index (Phi) is 4.80. The van der Waals surface area contributed by atoms with E-state index in [-0.39, 0.29) is 17.7 Å². The van der Waals surface area contributed by atoms with Gasteiger partial charge < -0.3 is 10.1 Å². The van der Waals surface area contributed by atoms with E-state index in [1.54, 1.807) is 4.90 Å². The van der Waals surface area contributed by atoms with Crippen molar-refractivity contribution in [2.75, 3.05) is 0 Å². The van der Waals surface area contributed by atoms with E-state index in [0.717, 1.165) is 12.0 Å². The highest BCUT2D eigenvalue weighted by molar-refractivity contribution is 5.70. The summed E-state index contributed by atoms with van der Waals surface area (Å²) in [6.07, 6.45) is 0.659. The van der Waals surface area contributed by atoms with Gasteiger partial charge in [0.2, 0.25) is 0 Å². The molecule has 0 spiro atoms. The first kappa shape index (κ1) is 18.2. The lowest BCUT2D eigenvalue weighted by molar-refractivity contribution is -0.0368. The molecule has 25 heavy (non-hydrogen) atoms. The molecular formula is C20H29FN2O2. The van der Waals surface area contributed by atoms with E-state index < -0.39 is 17.8 Å². The number of rotatable bonds is 3. The highest BCUT2D eigenvalue weighted by atomic mass is 19.1. The molecule has 2 fully saturated rings. The average molecular weight is 348 g/mol. The Balaban J connectivity index is 1.70. The molecule has 1 N–H and O–H groups in total. The van der Waals surface area contributed by atoms with Gasteiger partial charge in [-0.2, -0.15) is 0 Å². The molecule has 3 rings (SSSR count). The van der Waals surface area contributed by atoms with Crippen LogP contribution in [0.15, 0.2) is 30.3 Å². The van der Waals surface area contributed by atoms with E-state index in [0.29, 0.717) is 19.4 Å². The van der Waals surface area contributed by atoms with E-state index in [4.69, 9.17) is 4.74 Å². The van der Waals surface area contributed by atoms with Gasteiger partial charge in [-0.05, 0) is 52.5 Å². The molecule has 2 saturated heterocycles. The van der Waals surface area contributed by atoms with Gasteiger partial charge in [-0.25, -0.2) is 9.18 Å². The van der Waals surface area contributed by atoms with Crippen molar-refractivity contribution in [3.8, 4) is 0 Å². The molecule has 0 aliphatic carbocycles. The van der Waals surface area contributed by atoms with Gasteiger partial charge in [-0.15, -0.1) is 0 Å². The first-order valence-corrected chi connectivity index (χ1v) is 9.13. The molecule has 1 amide bonds. The van der Waals surface area contributed by atoms with Gasteiger partial charge >= 0.3 is 6.09 Å². The molecule has 2 aliphatic rings. The van der Waals surface area contributed by atoms with Gasteiger partial charge in [0.15, 0.2) is 0 Å². The van der Waals surface area contributed by atoms with Crippen LogP contribution in [0.3, 0.4) is 0 Å². The van der Waals surface area contributed by atoms with Gasteiger partial charge in [0, 0.05) is 18.1 Å². The van der Waals surface area contributed by atoms with Crippen LogP contribution >= 0.6 is 0 Å². The Morgan fingerprint density at radius 2 is 2.04 bits per heavy atom. The Bertz CT molecular complexity index is 616. The molecule has 0 saturated carbocycles. The lowest BCUT2D eigenvalue weighted by Crippen LogP contribution is -2.63. The molecule has 0 radical (unpaired) electrons. The maximum atomic E-state index is 15.1. The van der Waals surface area contributed by atoms with E-state index in [9.17, 15) is 4.79 Å². The minimum absolute atomic E-state index is 0.239. The second-order valence-corrected chi connectivity index (χ2v) is 8.57. The summed E-state index contributed by atoms with van der Waals surface area (Å²) in [7, 11) is 0. The quantitative estimate of drug-likeness (QED) is 0.896. The Hall–Kier alpha value is -1.62. The number of carbonyl (C=O) groups excluding carboxylic acids is 1. The predicted molar refractivity (Wildman–Crippen MR) is 96.1 cm³/mol. The molecular weight excluding hydrogens is 319 g/mol. The molecule has 1 aromatic rings. The molecule has 4 atom stereocenters. The molecule has 2 heterocycles. The van der Waals surface area contributed by atoms with Crippen LogP contribution in [-0.2, 0) is 11.3 Å². The zero-order valence-electron chi connectivity index (χ0n) is 15.6. The summed E-state index contributed by atoms with van der Waals surface area (Å²) in [5.74, 6) is 0. The second kappa shape index (κ2) is 6.60. The van der Waals surface area contributed by atoms with Crippen molar-refractivity contribution in [1.29, 1.82) is 0 Å².